The van der Waals surface area contributed by atoms with Crippen LogP contribution in [0, 0.1) is 13.0 Å². The Bertz CT molecular complexity index is 1740. The van der Waals surface area contributed by atoms with Crippen LogP contribution in [0.4, 0.5) is 0 Å². The molecule has 0 fully saturated rings. The summed E-state index contributed by atoms with van der Waals surface area (Å²) in [6.45, 7) is 14.0. The fourth-order valence-corrected chi connectivity index (χ4v) is 5.64. The van der Waals surface area contributed by atoms with Crippen molar-refractivity contribution in [2.24, 2.45) is 0 Å². The van der Waals surface area contributed by atoms with Crippen molar-refractivity contribution in [2.75, 3.05) is 0 Å². The molecule has 2 heterocycles. The molecule has 40 heavy (non-hydrogen) atoms. The Labute approximate surface area is 250 Å². The van der Waals surface area contributed by atoms with Crippen LogP contribution in [0.25, 0.3) is 49.8 Å². The van der Waals surface area contributed by atoms with E-state index < -0.39 is 0 Å². The molecule has 5 aromatic rings. The Morgan fingerprint density at radius 3 is 2.50 bits per heavy atom. The molecule has 0 amide bonds. The topological polar surface area (TPSA) is 57.2 Å². The number of benzene rings is 3. The van der Waals surface area contributed by atoms with Gasteiger partial charge in [0.05, 0.1) is 5.52 Å². The monoisotopic (exact) mass is 707 g/mol. The number of nitrogens with zero attached hydrogens (tertiary/aromatic N) is 2. The quantitative estimate of drug-likeness (QED) is 0.138. The van der Waals surface area contributed by atoms with Gasteiger partial charge < -0.3 is 9.73 Å². The minimum Gasteiger partial charge on any atom is -0.686 e. The van der Waals surface area contributed by atoms with E-state index in [1.807, 2.05) is 39.0 Å². The Hall–Kier alpha value is -3.53. The number of ketones is 1. The van der Waals surface area contributed by atoms with Gasteiger partial charge in [-0.2, -0.15) is 5.70 Å². The van der Waals surface area contributed by atoms with Gasteiger partial charge in [0.15, 0.2) is 5.78 Å². The van der Waals surface area contributed by atoms with E-state index >= 15 is 0 Å². The van der Waals surface area contributed by atoms with Crippen molar-refractivity contribution in [2.45, 2.75) is 59.9 Å². The van der Waals surface area contributed by atoms with Crippen molar-refractivity contribution in [3.8, 4) is 22.6 Å². The summed E-state index contributed by atoms with van der Waals surface area (Å²) in [4.78, 5) is 15.5. The van der Waals surface area contributed by atoms with E-state index in [2.05, 4.69) is 80.7 Å². The third-order valence-corrected chi connectivity index (χ3v) is 7.06. The van der Waals surface area contributed by atoms with Crippen LogP contribution in [0.2, 0.25) is 0 Å². The number of carbonyl (C=O) groups excluding carboxylic acids is 1. The van der Waals surface area contributed by atoms with Crippen LogP contribution in [-0.4, -0.2) is 16.8 Å². The number of allylic oxidation sites excluding steroid dienone is 2. The van der Waals surface area contributed by atoms with E-state index in [0.717, 1.165) is 39.4 Å². The number of hydrogen-bond acceptors (Lipinski definition) is 3. The Balaban J connectivity index is 0.000000292. The summed E-state index contributed by atoms with van der Waals surface area (Å²) in [5.74, 6) is 1.04. The molecule has 0 aliphatic heterocycles. The Morgan fingerprint density at radius 2 is 1.77 bits per heavy atom. The molecular formula is C35H34IrN2O2-2. The number of rotatable bonds is 4. The van der Waals surface area contributed by atoms with Crippen LogP contribution in [0.1, 0.15) is 58.2 Å². The summed E-state index contributed by atoms with van der Waals surface area (Å²) < 4.78 is 6.31. The normalized spacial score (nSPS) is 13.3. The molecule has 0 saturated carbocycles. The second-order valence-corrected chi connectivity index (χ2v) is 11.1. The van der Waals surface area contributed by atoms with Crippen molar-refractivity contribution < 1.29 is 29.3 Å². The number of para-hydroxylation sites is 1. The third-order valence-electron chi connectivity index (χ3n) is 7.06. The van der Waals surface area contributed by atoms with Gasteiger partial charge in [-0.3, -0.25) is 9.78 Å². The molecule has 0 unspecified atom stereocenters. The van der Waals surface area contributed by atoms with Crippen molar-refractivity contribution in [3.63, 3.8) is 0 Å². The molecule has 5 heteroatoms. The van der Waals surface area contributed by atoms with Crippen molar-refractivity contribution in [3.05, 3.63) is 107 Å². The molecule has 6 rings (SSSR count). The van der Waals surface area contributed by atoms with Gasteiger partial charge in [0.25, 0.3) is 0 Å². The van der Waals surface area contributed by atoms with Gasteiger partial charge in [0, 0.05) is 31.1 Å². The van der Waals surface area contributed by atoms with E-state index in [4.69, 9.17) is 9.40 Å². The van der Waals surface area contributed by atoms with Gasteiger partial charge in [-0.1, -0.05) is 82.1 Å². The number of carbonyl (C=O) groups is 1. The minimum absolute atomic E-state index is 0. The summed E-state index contributed by atoms with van der Waals surface area (Å²) in [6, 6.07) is 26.9. The number of hydrogen-bond donors (Lipinski definition) is 0. The maximum atomic E-state index is 10.5. The molecule has 0 atom stereocenters. The van der Waals surface area contributed by atoms with Gasteiger partial charge in [0.1, 0.15) is 11.3 Å². The van der Waals surface area contributed by atoms with Crippen LogP contribution in [0.15, 0.2) is 82.9 Å². The van der Waals surface area contributed by atoms with Crippen molar-refractivity contribution in [1.29, 1.82) is 0 Å². The minimum atomic E-state index is -0.186. The first-order chi connectivity index (χ1) is 18.6. The van der Waals surface area contributed by atoms with E-state index in [0.29, 0.717) is 0 Å². The number of furan rings is 1. The average molecular weight is 707 g/mol. The molecule has 0 N–H and O–H groups in total. The molecular weight excluding hydrogens is 673 g/mol. The maximum absolute atomic E-state index is 10.5. The smallest absolute Gasteiger partial charge is 0.151 e. The second kappa shape index (κ2) is 11.5. The summed E-state index contributed by atoms with van der Waals surface area (Å²) in [5.41, 5.74) is 9.51. The standard InChI is InChI=1S/C27H20NO.C8H15NO.Ir/c1-16-11-13-21-17(15-16)12-14-22(28-21)18-8-6-9-20-24(18)27(2,3)25-19-7-4-5-10-23(19)29-26(20)25;1-6(2)9-7(3)5-8(4)10;/h4-7,9-15H,1-3H3;5-6H,1-4H3,(H,9,10);/q-1;;/p-1. The molecule has 1 aliphatic carbocycles. The maximum Gasteiger partial charge on any atom is 0.151 e. The number of aryl methyl sites for hydroxylation is 1. The van der Waals surface area contributed by atoms with E-state index in [1.165, 1.54) is 34.4 Å². The fourth-order valence-electron chi connectivity index (χ4n) is 5.64. The zero-order chi connectivity index (χ0) is 27.9. The summed E-state index contributed by atoms with van der Waals surface area (Å²) >= 11 is 0. The predicted octanol–water partition coefficient (Wildman–Crippen LogP) is 9.32. The van der Waals surface area contributed by atoms with Gasteiger partial charge in [-0.15, -0.1) is 35.4 Å². The first-order valence-electron chi connectivity index (χ1n) is 13.4. The summed E-state index contributed by atoms with van der Waals surface area (Å²) in [7, 11) is 0. The van der Waals surface area contributed by atoms with Crippen molar-refractivity contribution in [1.82, 2.24) is 4.98 Å². The summed E-state index contributed by atoms with van der Waals surface area (Å²) in [5, 5.41) is 6.51. The molecule has 3 aromatic carbocycles. The molecule has 4 nitrogen and oxygen atoms in total. The molecule has 2 aromatic heterocycles. The zero-order valence-corrected chi connectivity index (χ0v) is 26.4. The van der Waals surface area contributed by atoms with Gasteiger partial charge in [-0.25, -0.2) is 0 Å². The SMILES string of the molecule is CC(=O)/C=C(/C)[N-]C(C)C.Cc1ccc2nc(-c3[c-]ccc4c3C(C)(C)c3c-4oc4ccccc34)ccc2c1.[Ir]. The number of aromatic nitrogens is 1. The van der Waals surface area contributed by atoms with Crippen LogP contribution in [0.5, 0.6) is 0 Å². The largest absolute Gasteiger partial charge is 0.686 e. The van der Waals surface area contributed by atoms with E-state index in [1.54, 1.807) is 6.08 Å². The fraction of sp³-hybridized carbons (Fsp3) is 0.257. The molecule has 0 spiro atoms. The zero-order valence-electron chi connectivity index (χ0n) is 24.0. The first-order valence-corrected chi connectivity index (χ1v) is 13.4. The summed E-state index contributed by atoms with van der Waals surface area (Å²) in [6.07, 6.45) is 1.54. The second-order valence-electron chi connectivity index (χ2n) is 11.1. The molecule has 0 saturated heterocycles. The number of pyridine rings is 1. The molecule has 1 aliphatic rings. The average Bonchev–Trinajstić information content (AvgIpc) is 3.37. The van der Waals surface area contributed by atoms with Crippen molar-refractivity contribution >= 4 is 27.7 Å². The predicted molar refractivity (Wildman–Crippen MR) is 161 cm³/mol. The first kappa shape index (κ1) is 29.5. The van der Waals surface area contributed by atoms with Crippen LogP contribution < -0.4 is 0 Å². The van der Waals surface area contributed by atoms with Crippen LogP contribution in [-0.2, 0) is 30.3 Å². The Kier molecular flexibility index (Phi) is 8.49. The van der Waals surface area contributed by atoms with Gasteiger partial charge in [0.2, 0.25) is 0 Å². The van der Waals surface area contributed by atoms with E-state index in [-0.39, 0.29) is 37.3 Å². The molecule has 0 bridgehead atoms. The third kappa shape index (κ3) is 5.54. The van der Waals surface area contributed by atoms with E-state index in [9.17, 15) is 4.79 Å². The van der Waals surface area contributed by atoms with Gasteiger partial charge >= 0.3 is 0 Å². The van der Waals surface area contributed by atoms with Gasteiger partial charge in [-0.05, 0) is 54.6 Å². The number of fused-ring (bicyclic) bond motifs is 6. The Morgan fingerprint density at radius 1 is 1.02 bits per heavy atom. The molecule has 1 radical (unpaired) electrons. The molecule has 207 valence electrons. The van der Waals surface area contributed by atoms with Crippen LogP contribution in [0.3, 0.4) is 0 Å². The van der Waals surface area contributed by atoms with Crippen LogP contribution >= 0.6 is 0 Å².